The first kappa shape index (κ1) is 24.7. The third kappa shape index (κ3) is 3.34. The molecule has 7 aromatic rings. The van der Waals surface area contributed by atoms with Gasteiger partial charge in [0, 0.05) is 21.6 Å². The van der Waals surface area contributed by atoms with Crippen molar-refractivity contribution in [2.75, 3.05) is 0 Å². The standard InChI is InChI=1S/C42H32O/c1-41(2)35-11-7-5-9-29(35)32-21-25(14-18-36(32)41)26-15-19-37-33(22-26)34-23-27(16-20-38(34)42(37,3)4)28-13-17-31-30-10-6-8-12-39(30)43-40(31)24-28/h5-24H,1-4H3. The van der Waals surface area contributed by atoms with Crippen molar-refractivity contribution in [2.24, 2.45) is 0 Å². The minimum atomic E-state index is -0.0503. The van der Waals surface area contributed by atoms with Crippen molar-refractivity contribution in [2.45, 2.75) is 38.5 Å². The van der Waals surface area contributed by atoms with Crippen LogP contribution in [0.3, 0.4) is 0 Å². The summed E-state index contributed by atoms with van der Waals surface area (Å²) in [7, 11) is 0. The summed E-state index contributed by atoms with van der Waals surface area (Å²) in [6.45, 7) is 9.39. The van der Waals surface area contributed by atoms with Gasteiger partial charge in [0.1, 0.15) is 11.2 Å². The average molecular weight is 553 g/mol. The molecular weight excluding hydrogens is 520 g/mol. The third-order valence-electron chi connectivity index (χ3n) is 10.3. The number of para-hydroxylation sites is 1. The van der Waals surface area contributed by atoms with Crippen molar-refractivity contribution in [3.8, 4) is 44.5 Å². The number of hydrogen-bond donors (Lipinski definition) is 0. The number of hydrogen-bond acceptors (Lipinski definition) is 1. The van der Waals surface area contributed by atoms with Gasteiger partial charge in [-0.25, -0.2) is 0 Å². The molecule has 2 aliphatic rings. The van der Waals surface area contributed by atoms with Crippen molar-refractivity contribution in [3.05, 3.63) is 144 Å². The van der Waals surface area contributed by atoms with Crippen molar-refractivity contribution in [1.82, 2.24) is 0 Å². The van der Waals surface area contributed by atoms with Crippen LogP contribution in [-0.4, -0.2) is 0 Å². The van der Waals surface area contributed by atoms with Crippen LogP contribution in [-0.2, 0) is 10.8 Å². The van der Waals surface area contributed by atoms with Crippen LogP contribution in [0, 0.1) is 0 Å². The molecule has 0 aliphatic heterocycles. The minimum absolute atomic E-state index is 0.0210. The van der Waals surface area contributed by atoms with Gasteiger partial charge in [0.2, 0.25) is 0 Å². The van der Waals surface area contributed by atoms with Crippen LogP contribution >= 0.6 is 0 Å². The van der Waals surface area contributed by atoms with Crippen LogP contribution in [0.1, 0.15) is 49.9 Å². The van der Waals surface area contributed by atoms with Crippen molar-refractivity contribution < 1.29 is 4.42 Å². The van der Waals surface area contributed by atoms with E-state index in [0.717, 1.165) is 16.6 Å². The summed E-state index contributed by atoms with van der Waals surface area (Å²) in [5.41, 5.74) is 17.8. The average Bonchev–Trinajstić information content (AvgIpc) is 3.60. The normalized spacial score (nSPS) is 15.3. The van der Waals surface area contributed by atoms with Gasteiger partial charge in [-0.15, -0.1) is 0 Å². The third-order valence-corrected chi connectivity index (χ3v) is 10.3. The fourth-order valence-electron chi connectivity index (χ4n) is 7.93. The first-order valence-corrected chi connectivity index (χ1v) is 15.3. The van der Waals surface area contributed by atoms with Gasteiger partial charge >= 0.3 is 0 Å². The van der Waals surface area contributed by atoms with E-state index >= 15 is 0 Å². The Balaban J connectivity index is 1.17. The molecule has 0 fully saturated rings. The molecule has 0 spiro atoms. The zero-order chi connectivity index (χ0) is 29.1. The second-order valence-corrected chi connectivity index (χ2v) is 13.4. The molecule has 1 nitrogen and oxygen atoms in total. The molecule has 2 aliphatic carbocycles. The topological polar surface area (TPSA) is 13.1 Å². The van der Waals surface area contributed by atoms with Gasteiger partial charge in [-0.3, -0.25) is 0 Å². The Bertz CT molecular complexity index is 2290. The molecule has 1 aromatic heterocycles. The number of rotatable bonds is 2. The van der Waals surface area contributed by atoms with E-state index < -0.39 is 0 Å². The second kappa shape index (κ2) is 8.36. The lowest BCUT2D eigenvalue weighted by Gasteiger charge is -2.22. The Kier molecular flexibility index (Phi) is 4.80. The monoisotopic (exact) mass is 552 g/mol. The molecule has 6 aromatic carbocycles. The molecule has 43 heavy (non-hydrogen) atoms. The molecule has 0 N–H and O–H groups in total. The van der Waals surface area contributed by atoms with Crippen molar-refractivity contribution in [1.29, 1.82) is 0 Å². The van der Waals surface area contributed by atoms with Crippen LogP contribution in [0.25, 0.3) is 66.4 Å². The molecule has 0 saturated carbocycles. The van der Waals surface area contributed by atoms with E-state index in [2.05, 4.69) is 137 Å². The SMILES string of the molecule is CC1(C)c2ccccc2-c2cc(-c3ccc4c(c3)-c3cc(-c5ccc6c(c5)oc5ccccc56)ccc3C4(C)C)ccc21. The Morgan fingerprint density at radius 3 is 1.44 bits per heavy atom. The van der Waals surface area contributed by atoms with E-state index in [1.807, 2.05) is 12.1 Å². The van der Waals surface area contributed by atoms with Gasteiger partial charge in [0.25, 0.3) is 0 Å². The summed E-state index contributed by atoms with van der Waals surface area (Å²) in [6, 6.07) is 44.9. The first-order chi connectivity index (χ1) is 20.8. The van der Waals surface area contributed by atoms with E-state index in [0.29, 0.717) is 0 Å². The van der Waals surface area contributed by atoms with E-state index in [-0.39, 0.29) is 10.8 Å². The Hall–Kier alpha value is -4.88. The van der Waals surface area contributed by atoms with E-state index in [4.69, 9.17) is 4.42 Å². The minimum Gasteiger partial charge on any atom is -0.456 e. The maximum absolute atomic E-state index is 6.23. The fourth-order valence-corrected chi connectivity index (χ4v) is 7.93. The highest BCUT2D eigenvalue weighted by Gasteiger charge is 2.37. The van der Waals surface area contributed by atoms with E-state index in [1.165, 1.54) is 72.1 Å². The predicted molar refractivity (Wildman–Crippen MR) is 180 cm³/mol. The molecule has 0 atom stereocenters. The van der Waals surface area contributed by atoms with Gasteiger partial charge in [-0.05, 0) is 103 Å². The molecule has 0 saturated heterocycles. The van der Waals surface area contributed by atoms with Gasteiger partial charge in [0.15, 0.2) is 0 Å². The fraction of sp³-hybridized carbons (Fsp3) is 0.143. The number of fused-ring (bicyclic) bond motifs is 9. The highest BCUT2D eigenvalue weighted by Crippen LogP contribution is 2.52. The van der Waals surface area contributed by atoms with Crippen molar-refractivity contribution >= 4 is 21.9 Å². The smallest absolute Gasteiger partial charge is 0.136 e. The first-order valence-electron chi connectivity index (χ1n) is 15.3. The molecule has 0 bridgehead atoms. The van der Waals surface area contributed by atoms with Gasteiger partial charge in [-0.1, -0.05) is 113 Å². The second-order valence-electron chi connectivity index (χ2n) is 13.4. The van der Waals surface area contributed by atoms with Gasteiger partial charge < -0.3 is 4.42 Å². The number of furan rings is 1. The molecular formula is C42H32O. The molecule has 1 heteroatoms. The van der Waals surface area contributed by atoms with Gasteiger partial charge in [0.05, 0.1) is 0 Å². The lowest BCUT2D eigenvalue weighted by molar-refractivity contribution is 0.660. The van der Waals surface area contributed by atoms with Crippen LogP contribution in [0.2, 0.25) is 0 Å². The highest BCUT2D eigenvalue weighted by atomic mass is 16.3. The molecule has 9 rings (SSSR count). The molecule has 0 amide bonds. The Labute approximate surface area is 252 Å². The molecule has 0 radical (unpaired) electrons. The Morgan fingerprint density at radius 1 is 0.372 bits per heavy atom. The summed E-state index contributed by atoms with van der Waals surface area (Å²) >= 11 is 0. The lowest BCUT2D eigenvalue weighted by atomic mass is 9.81. The summed E-state index contributed by atoms with van der Waals surface area (Å²) in [5.74, 6) is 0. The van der Waals surface area contributed by atoms with E-state index in [9.17, 15) is 0 Å². The van der Waals surface area contributed by atoms with Crippen LogP contribution in [0.15, 0.2) is 126 Å². The zero-order valence-electron chi connectivity index (χ0n) is 25.0. The summed E-state index contributed by atoms with van der Waals surface area (Å²) in [5, 5.41) is 2.33. The van der Waals surface area contributed by atoms with Crippen LogP contribution < -0.4 is 0 Å². The zero-order valence-corrected chi connectivity index (χ0v) is 25.0. The molecule has 0 unspecified atom stereocenters. The van der Waals surface area contributed by atoms with Crippen LogP contribution in [0.4, 0.5) is 0 Å². The summed E-state index contributed by atoms with van der Waals surface area (Å²) < 4.78 is 6.23. The molecule has 1 heterocycles. The van der Waals surface area contributed by atoms with E-state index in [1.54, 1.807) is 0 Å². The van der Waals surface area contributed by atoms with Crippen molar-refractivity contribution in [3.63, 3.8) is 0 Å². The predicted octanol–water partition coefficient (Wildman–Crippen LogP) is 11.5. The molecule has 206 valence electrons. The van der Waals surface area contributed by atoms with Crippen LogP contribution in [0.5, 0.6) is 0 Å². The summed E-state index contributed by atoms with van der Waals surface area (Å²) in [4.78, 5) is 0. The largest absolute Gasteiger partial charge is 0.456 e. The summed E-state index contributed by atoms with van der Waals surface area (Å²) in [6.07, 6.45) is 0. The Morgan fingerprint density at radius 2 is 0.814 bits per heavy atom. The lowest BCUT2D eigenvalue weighted by Crippen LogP contribution is -2.15. The maximum Gasteiger partial charge on any atom is 0.136 e. The van der Waals surface area contributed by atoms with Gasteiger partial charge in [-0.2, -0.15) is 0 Å². The maximum atomic E-state index is 6.23. The quantitative estimate of drug-likeness (QED) is 0.208. The highest BCUT2D eigenvalue weighted by molar-refractivity contribution is 6.06. The number of benzene rings is 6.